The molecule has 3 aromatic rings. The first kappa shape index (κ1) is 24.6. The Bertz CT molecular complexity index is 1390. The van der Waals surface area contributed by atoms with Crippen molar-refractivity contribution in [2.75, 3.05) is 6.54 Å². The lowest BCUT2D eigenvalue weighted by Gasteiger charge is -2.21. The van der Waals surface area contributed by atoms with Gasteiger partial charge in [0, 0.05) is 11.9 Å². The molecule has 4 rings (SSSR count). The minimum atomic E-state index is -4.13. The van der Waals surface area contributed by atoms with Gasteiger partial charge in [-0.2, -0.15) is 9.40 Å². The van der Waals surface area contributed by atoms with Gasteiger partial charge in [0.05, 0.1) is 34.7 Å². The first-order valence-corrected chi connectivity index (χ1v) is 12.4. The quantitative estimate of drug-likeness (QED) is 0.478. The fourth-order valence-electron chi connectivity index (χ4n) is 4.31. The van der Waals surface area contributed by atoms with E-state index in [0.717, 1.165) is 4.31 Å². The summed E-state index contributed by atoms with van der Waals surface area (Å²) in [7, 11) is -4.13. The van der Waals surface area contributed by atoms with Crippen LogP contribution in [0.3, 0.4) is 0 Å². The van der Waals surface area contributed by atoms with E-state index in [4.69, 9.17) is 10.5 Å². The second kappa shape index (κ2) is 9.27. The monoisotopic (exact) mass is 504 g/mol. The number of halogens is 1. The van der Waals surface area contributed by atoms with Crippen molar-refractivity contribution in [3.05, 3.63) is 54.0 Å². The molecule has 1 aliphatic rings. The molecule has 12 heteroatoms. The summed E-state index contributed by atoms with van der Waals surface area (Å²) in [5.41, 5.74) is 6.08. The predicted octanol–water partition coefficient (Wildman–Crippen LogP) is 2.08. The van der Waals surface area contributed by atoms with E-state index in [1.54, 1.807) is 0 Å². The van der Waals surface area contributed by atoms with Gasteiger partial charge in [-0.1, -0.05) is 0 Å². The maximum atomic E-state index is 14.0. The number of nitrogens with two attached hydrogens (primary N) is 1. The number of carbonyl (C=O) groups excluding carboxylic acids is 1. The summed E-state index contributed by atoms with van der Waals surface area (Å²) in [6.45, 7) is 3.54. The molecule has 1 aliphatic heterocycles. The largest absolute Gasteiger partial charge is 0.491 e. The van der Waals surface area contributed by atoms with Gasteiger partial charge in [-0.25, -0.2) is 12.8 Å². The standard InChI is InChI=1S/C23H25FN4O6S/c1-13(2)34-16-4-6-17(7-5-16)35(32,33)27-12-15(10-21(27)23(25)31)28-20-9-14(24)3-8-18(20)19(26-28)11-22(29)30/h3-9,13,15,21H,10-12H2,1-2H3,(H2,25,31)(H,29,30)/t15-,21+/m1/s1. The highest BCUT2D eigenvalue weighted by Gasteiger charge is 2.44. The molecule has 0 aliphatic carbocycles. The molecule has 1 fully saturated rings. The fourth-order valence-corrected chi connectivity index (χ4v) is 5.96. The number of primary amides is 1. The molecular weight excluding hydrogens is 479 g/mol. The Labute approximate surface area is 201 Å². The van der Waals surface area contributed by atoms with E-state index in [-0.39, 0.29) is 29.7 Å². The molecule has 0 bridgehead atoms. The molecule has 35 heavy (non-hydrogen) atoms. The lowest BCUT2D eigenvalue weighted by atomic mass is 10.1. The van der Waals surface area contributed by atoms with Crippen LogP contribution in [0.15, 0.2) is 47.4 Å². The maximum absolute atomic E-state index is 14.0. The van der Waals surface area contributed by atoms with Crippen LogP contribution < -0.4 is 10.5 Å². The van der Waals surface area contributed by atoms with Crippen molar-refractivity contribution in [1.82, 2.24) is 14.1 Å². The first-order chi connectivity index (χ1) is 16.5. The molecule has 0 radical (unpaired) electrons. The van der Waals surface area contributed by atoms with Crippen molar-refractivity contribution < 1.29 is 32.2 Å². The molecule has 186 valence electrons. The average Bonchev–Trinajstić information content (AvgIpc) is 3.36. The minimum absolute atomic E-state index is 0.00289. The summed E-state index contributed by atoms with van der Waals surface area (Å²) in [4.78, 5) is 23.5. The number of rotatable bonds is 8. The van der Waals surface area contributed by atoms with Gasteiger partial charge in [0.15, 0.2) is 0 Å². The van der Waals surface area contributed by atoms with Gasteiger partial charge in [0.2, 0.25) is 15.9 Å². The average molecular weight is 505 g/mol. The number of fused-ring (bicyclic) bond motifs is 1. The SMILES string of the molecule is CC(C)Oc1ccc(S(=O)(=O)N2C[C@H](n3nc(CC(=O)O)c4ccc(F)cc43)C[C@H]2C(N)=O)cc1. The van der Waals surface area contributed by atoms with Crippen LogP contribution in [0.1, 0.15) is 32.0 Å². The number of hydrogen-bond donors (Lipinski definition) is 2. The molecule has 1 aromatic heterocycles. The van der Waals surface area contributed by atoms with E-state index >= 15 is 0 Å². The predicted molar refractivity (Wildman–Crippen MR) is 124 cm³/mol. The molecule has 0 unspecified atom stereocenters. The number of hydrogen-bond acceptors (Lipinski definition) is 6. The maximum Gasteiger partial charge on any atom is 0.309 e. The molecule has 2 aromatic carbocycles. The van der Waals surface area contributed by atoms with E-state index in [0.29, 0.717) is 16.7 Å². The summed E-state index contributed by atoms with van der Waals surface area (Å²) < 4.78 is 48.9. The number of carboxylic acid groups (broad SMARTS) is 1. The number of carboxylic acids is 1. The number of ether oxygens (including phenoxy) is 1. The first-order valence-electron chi connectivity index (χ1n) is 10.9. The Morgan fingerprint density at radius 2 is 1.91 bits per heavy atom. The molecule has 10 nitrogen and oxygen atoms in total. The summed E-state index contributed by atoms with van der Waals surface area (Å²) in [5.74, 6) is -2.00. The fraction of sp³-hybridized carbons (Fsp3) is 0.348. The van der Waals surface area contributed by atoms with Gasteiger partial charge in [-0.05, 0) is 62.7 Å². The Morgan fingerprint density at radius 1 is 1.23 bits per heavy atom. The van der Waals surface area contributed by atoms with Crippen LogP contribution in [0, 0.1) is 5.82 Å². The van der Waals surface area contributed by atoms with E-state index in [1.165, 1.54) is 47.1 Å². The molecule has 1 amide bonds. The van der Waals surface area contributed by atoms with Crippen LogP contribution >= 0.6 is 0 Å². The molecule has 3 N–H and O–H groups in total. The van der Waals surface area contributed by atoms with E-state index in [1.807, 2.05) is 13.8 Å². The van der Waals surface area contributed by atoms with Gasteiger partial charge >= 0.3 is 5.97 Å². The van der Waals surface area contributed by atoms with Crippen molar-refractivity contribution in [3.63, 3.8) is 0 Å². The van der Waals surface area contributed by atoms with Gasteiger partial charge in [-0.3, -0.25) is 14.3 Å². The van der Waals surface area contributed by atoms with Crippen molar-refractivity contribution >= 4 is 32.8 Å². The molecular formula is C23H25FN4O6S. The number of carbonyl (C=O) groups is 2. The van der Waals surface area contributed by atoms with Crippen LogP contribution in [0.25, 0.3) is 10.9 Å². The van der Waals surface area contributed by atoms with Crippen LogP contribution in [0.2, 0.25) is 0 Å². The van der Waals surface area contributed by atoms with Crippen LogP contribution in [-0.2, 0) is 26.0 Å². The van der Waals surface area contributed by atoms with Gasteiger partial charge in [-0.15, -0.1) is 0 Å². The third-order valence-corrected chi connectivity index (χ3v) is 7.66. The highest BCUT2D eigenvalue weighted by Crippen LogP contribution is 2.35. The second-order valence-electron chi connectivity index (χ2n) is 8.64. The summed E-state index contributed by atoms with van der Waals surface area (Å²) in [6, 6.07) is 7.85. The topological polar surface area (TPSA) is 145 Å². The lowest BCUT2D eigenvalue weighted by Crippen LogP contribution is -2.43. The van der Waals surface area contributed by atoms with E-state index in [2.05, 4.69) is 5.10 Å². The highest BCUT2D eigenvalue weighted by molar-refractivity contribution is 7.89. The highest BCUT2D eigenvalue weighted by atomic mass is 32.2. The van der Waals surface area contributed by atoms with Crippen LogP contribution in [0.4, 0.5) is 4.39 Å². The number of nitrogens with zero attached hydrogens (tertiary/aromatic N) is 3. The molecule has 2 heterocycles. The second-order valence-corrected chi connectivity index (χ2v) is 10.5. The van der Waals surface area contributed by atoms with Gasteiger partial charge in [0.1, 0.15) is 17.6 Å². The summed E-state index contributed by atoms with van der Waals surface area (Å²) in [6.07, 6.45) is -0.479. The number of benzene rings is 2. The zero-order valence-electron chi connectivity index (χ0n) is 19.1. The smallest absolute Gasteiger partial charge is 0.309 e. The van der Waals surface area contributed by atoms with E-state index in [9.17, 15) is 27.5 Å². The molecule has 0 spiro atoms. The van der Waals surface area contributed by atoms with Crippen molar-refractivity contribution in [2.45, 2.75) is 49.8 Å². The van der Waals surface area contributed by atoms with Crippen molar-refractivity contribution in [2.24, 2.45) is 5.73 Å². The number of aromatic nitrogens is 2. The number of sulfonamides is 1. The van der Waals surface area contributed by atoms with Crippen LogP contribution in [-0.4, -0.2) is 58.2 Å². The summed E-state index contributed by atoms with van der Waals surface area (Å²) >= 11 is 0. The normalized spacial score (nSPS) is 18.9. The molecule has 1 saturated heterocycles. The summed E-state index contributed by atoms with van der Waals surface area (Å²) in [5, 5.41) is 14.0. The molecule has 0 saturated carbocycles. The third kappa shape index (κ3) is 4.84. The Balaban J connectivity index is 1.71. The number of aliphatic carboxylic acids is 1. The van der Waals surface area contributed by atoms with Gasteiger partial charge in [0.25, 0.3) is 0 Å². The Morgan fingerprint density at radius 3 is 2.51 bits per heavy atom. The van der Waals surface area contributed by atoms with Crippen molar-refractivity contribution in [1.29, 1.82) is 0 Å². The van der Waals surface area contributed by atoms with Gasteiger partial charge < -0.3 is 15.6 Å². The molecule has 2 atom stereocenters. The van der Waals surface area contributed by atoms with E-state index < -0.39 is 46.2 Å². The Kier molecular flexibility index (Phi) is 6.52. The minimum Gasteiger partial charge on any atom is -0.491 e. The lowest BCUT2D eigenvalue weighted by molar-refractivity contribution is -0.136. The number of amides is 1. The third-order valence-electron chi connectivity index (χ3n) is 5.77. The Hall–Kier alpha value is -3.51. The zero-order valence-corrected chi connectivity index (χ0v) is 19.9. The zero-order chi connectivity index (χ0) is 25.5. The van der Waals surface area contributed by atoms with Crippen molar-refractivity contribution in [3.8, 4) is 5.75 Å². The van der Waals surface area contributed by atoms with Crippen LogP contribution in [0.5, 0.6) is 5.75 Å².